The molecule has 1 unspecified atom stereocenters. The molecule has 0 aromatic heterocycles. The van der Waals surface area contributed by atoms with E-state index in [-0.39, 0.29) is 11.2 Å². The Kier molecular flexibility index (Phi) is 8.86. The second kappa shape index (κ2) is 11.1. The molecule has 2 aromatic rings. The predicted octanol–water partition coefficient (Wildman–Crippen LogP) is 5.36. The van der Waals surface area contributed by atoms with Gasteiger partial charge in [0, 0.05) is 9.92 Å². The topological polar surface area (TPSA) is 38.3 Å². The first kappa shape index (κ1) is 20.7. The van der Waals surface area contributed by atoms with Gasteiger partial charge in [0.2, 0.25) is 5.91 Å². The molecule has 1 N–H and O–H groups in total. The Morgan fingerprint density at radius 1 is 1.12 bits per heavy atom. The molecule has 0 fully saturated rings. The van der Waals surface area contributed by atoms with Crippen molar-refractivity contribution in [1.82, 2.24) is 5.32 Å². The predicted molar refractivity (Wildman–Crippen MR) is 110 cm³/mol. The van der Waals surface area contributed by atoms with Gasteiger partial charge in [0.15, 0.2) is 0 Å². The molecular weight excluding hydrogens is 366 g/mol. The van der Waals surface area contributed by atoms with Crippen LogP contribution in [0.15, 0.2) is 53.4 Å². The van der Waals surface area contributed by atoms with Gasteiger partial charge in [-0.15, -0.1) is 11.8 Å². The van der Waals surface area contributed by atoms with E-state index in [1.54, 1.807) is 11.8 Å². The first-order chi connectivity index (χ1) is 12.6. The van der Waals surface area contributed by atoms with E-state index in [1.165, 1.54) is 5.56 Å². The highest BCUT2D eigenvalue weighted by molar-refractivity contribution is 8.00. The number of carbonyl (C=O) groups excluding carboxylic acids is 1. The summed E-state index contributed by atoms with van der Waals surface area (Å²) in [5.74, 6) is 0.871. The number of nitrogens with one attached hydrogen (secondary N) is 1. The van der Waals surface area contributed by atoms with Crippen molar-refractivity contribution in [3.8, 4) is 5.75 Å². The molecule has 1 amide bonds. The molecule has 0 aliphatic rings. The number of amides is 1. The van der Waals surface area contributed by atoms with Crippen LogP contribution in [-0.2, 0) is 11.2 Å². The van der Waals surface area contributed by atoms with Crippen LogP contribution in [0.4, 0.5) is 0 Å². The fourth-order valence-electron chi connectivity index (χ4n) is 2.50. The van der Waals surface area contributed by atoms with Gasteiger partial charge in [-0.3, -0.25) is 4.79 Å². The molecule has 5 heteroatoms. The molecule has 0 heterocycles. The fourth-order valence-corrected chi connectivity index (χ4v) is 3.60. The van der Waals surface area contributed by atoms with Crippen LogP contribution in [0.1, 0.15) is 32.3 Å². The quantitative estimate of drug-likeness (QED) is 0.437. The Balaban J connectivity index is 1.73. The highest BCUT2D eigenvalue weighted by atomic mass is 35.5. The van der Waals surface area contributed by atoms with E-state index in [2.05, 4.69) is 24.4 Å². The Morgan fingerprint density at radius 2 is 1.81 bits per heavy atom. The molecule has 0 aliphatic carbocycles. The van der Waals surface area contributed by atoms with Crippen molar-refractivity contribution in [3.05, 3.63) is 59.1 Å². The number of thioether (sulfide) groups is 1. The summed E-state index contributed by atoms with van der Waals surface area (Å²) >= 11 is 7.46. The van der Waals surface area contributed by atoms with Gasteiger partial charge >= 0.3 is 0 Å². The number of aryl methyl sites for hydroxylation is 1. The van der Waals surface area contributed by atoms with Crippen molar-refractivity contribution in [1.29, 1.82) is 0 Å². The molecule has 2 rings (SSSR count). The van der Waals surface area contributed by atoms with E-state index in [0.717, 1.165) is 29.9 Å². The zero-order chi connectivity index (χ0) is 18.8. The number of hydrogen-bond acceptors (Lipinski definition) is 3. The summed E-state index contributed by atoms with van der Waals surface area (Å²) in [5, 5.41) is 3.54. The first-order valence-corrected chi connectivity index (χ1v) is 10.3. The fraction of sp³-hybridized carbons (Fsp3) is 0.381. The average molecular weight is 392 g/mol. The van der Waals surface area contributed by atoms with Crippen molar-refractivity contribution < 1.29 is 9.53 Å². The minimum atomic E-state index is -0.121. The zero-order valence-corrected chi connectivity index (χ0v) is 16.9. The molecular formula is C21H26ClNO2S. The van der Waals surface area contributed by atoms with Crippen molar-refractivity contribution in [2.24, 2.45) is 0 Å². The minimum absolute atomic E-state index is 0.0364. The lowest BCUT2D eigenvalue weighted by Gasteiger charge is -2.15. The zero-order valence-electron chi connectivity index (χ0n) is 15.3. The van der Waals surface area contributed by atoms with E-state index in [9.17, 15) is 4.79 Å². The van der Waals surface area contributed by atoms with Crippen LogP contribution in [0.5, 0.6) is 5.75 Å². The minimum Gasteiger partial charge on any atom is -0.492 e. The maximum absolute atomic E-state index is 12.4. The summed E-state index contributed by atoms with van der Waals surface area (Å²) in [6.07, 6.45) is 2.98. The van der Waals surface area contributed by atoms with Gasteiger partial charge in [0.1, 0.15) is 12.4 Å². The second-order valence-electron chi connectivity index (χ2n) is 6.00. The Labute approximate surface area is 165 Å². The highest BCUT2D eigenvalue weighted by Crippen LogP contribution is 2.26. The Hall–Kier alpha value is -1.65. The van der Waals surface area contributed by atoms with E-state index in [0.29, 0.717) is 18.2 Å². The molecule has 0 spiro atoms. The average Bonchev–Trinajstić information content (AvgIpc) is 2.66. The van der Waals surface area contributed by atoms with Crippen LogP contribution in [0.2, 0.25) is 5.02 Å². The molecule has 1 atom stereocenters. The standard InChI is InChI=1S/C21H26ClNO2S/c1-3-5-16-6-10-18(11-7-16)25-15-14-23-21(24)20(4-2)26-19-12-8-17(22)9-13-19/h6-13,20H,3-5,14-15H2,1-2H3,(H,23,24). The molecule has 0 aliphatic heterocycles. The number of ether oxygens (including phenoxy) is 1. The maximum Gasteiger partial charge on any atom is 0.233 e. The number of rotatable bonds is 10. The number of halogens is 1. The van der Waals surface area contributed by atoms with Crippen LogP contribution < -0.4 is 10.1 Å². The van der Waals surface area contributed by atoms with Crippen molar-refractivity contribution in [2.45, 2.75) is 43.3 Å². The van der Waals surface area contributed by atoms with Crippen LogP contribution in [0.3, 0.4) is 0 Å². The largest absolute Gasteiger partial charge is 0.492 e. The van der Waals surface area contributed by atoms with Gasteiger partial charge < -0.3 is 10.1 Å². The molecule has 0 saturated carbocycles. The number of hydrogen-bond donors (Lipinski definition) is 1. The van der Waals surface area contributed by atoms with Gasteiger partial charge in [-0.2, -0.15) is 0 Å². The third-order valence-electron chi connectivity index (χ3n) is 3.89. The van der Waals surface area contributed by atoms with Gasteiger partial charge in [-0.05, 0) is 54.8 Å². The Bertz CT molecular complexity index is 673. The monoisotopic (exact) mass is 391 g/mol. The number of benzene rings is 2. The summed E-state index contributed by atoms with van der Waals surface area (Å²) in [5.41, 5.74) is 1.32. The lowest BCUT2D eigenvalue weighted by molar-refractivity contribution is -0.120. The smallest absolute Gasteiger partial charge is 0.233 e. The summed E-state index contributed by atoms with van der Waals surface area (Å²) < 4.78 is 5.70. The third-order valence-corrected chi connectivity index (χ3v) is 5.52. The molecule has 0 radical (unpaired) electrons. The lowest BCUT2D eigenvalue weighted by atomic mass is 10.1. The van der Waals surface area contributed by atoms with E-state index >= 15 is 0 Å². The summed E-state index contributed by atoms with van der Waals surface area (Å²) in [6, 6.07) is 15.7. The molecule has 2 aromatic carbocycles. The van der Waals surface area contributed by atoms with E-state index < -0.39 is 0 Å². The lowest BCUT2D eigenvalue weighted by Crippen LogP contribution is -2.35. The Morgan fingerprint density at radius 3 is 2.42 bits per heavy atom. The summed E-state index contributed by atoms with van der Waals surface area (Å²) in [7, 11) is 0. The summed E-state index contributed by atoms with van der Waals surface area (Å²) in [4.78, 5) is 13.4. The first-order valence-electron chi connectivity index (χ1n) is 9.04. The van der Waals surface area contributed by atoms with Crippen molar-refractivity contribution in [2.75, 3.05) is 13.2 Å². The summed E-state index contributed by atoms with van der Waals surface area (Å²) in [6.45, 7) is 5.14. The molecule has 0 bridgehead atoms. The van der Waals surface area contributed by atoms with Gasteiger partial charge in [-0.25, -0.2) is 0 Å². The maximum atomic E-state index is 12.4. The second-order valence-corrected chi connectivity index (χ2v) is 7.71. The van der Waals surface area contributed by atoms with Gasteiger partial charge in [0.05, 0.1) is 11.8 Å². The van der Waals surface area contributed by atoms with E-state index in [4.69, 9.17) is 16.3 Å². The van der Waals surface area contributed by atoms with Gasteiger partial charge in [-0.1, -0.05) is 44.0 Å². The molecule has 26 heavy (non-hydrogen) atoms. The third kappa shape index (κ3) is 6.93. The highest BCUT2D eigenvalue weighted by Gasteiger charge is 2.17. The number of carbonyl (C=O) groups is 1. The SMILES string of the molecule is CCCc1ccc(OCCNC(=O)C(CC)Sc2ccc(Cl)cc2)cc1. The van der Waals surface area contributed by atoms with Crippen molar-refractivity contribution in [3.63, 3.8) is 0 Å². The van der Waals surface area contributed by atoms with Crippen molar-refractivity contribution >= 4 is 29.3 Å². The van der Waals surface area contributed by atoms with Crippen LogP contribution in [0, 0.1) is 0 Å². The normalized spacial score (nSPS) is 11.8. The van der Waals surface area contributed by atoms with Crippen LogP contribution >= 0.6 is 23.4 Å². The van der Waals surface area contributed by atoms with Gasteiger partial charge in [0.25, 0.3) is 0 Å². The molecule has 140 valence electrons. The molecule has 0 saturated heterocycles. The van der Waals surface area contributed by atoms with E-state index in [1.807, 2.05) is 43.3 Å². The molecule has 3 nitrogen and oxygen atoms in total. The van der Waals surface area contributed by atoms with Crippen LogP contribution in [-0.4, -0.2) is 24.3 Å². The van der Waals surface area contributed by atoms with Crippen LogP contribution in [0.25, 0.3) is 0 Å².